The van der Waals surface area contributed by atoms with E-state index in [0.717, 1.165) is 64.2 Å². The molecule has 5 bridgehead atoms. The summed E-state index contributed by atoms with van der Waals surface area (Å²) >= 11 is 0. The number of phenolic OH excluding ortho intramolecular Hbond substituents is 3. The minimum atomic E-state index is -2.05. The Morgan fingerprint density at radius 2 is 1.42 bits per heavy atom. The third kappa shape index (κ3) is 13.8. The molecule has 2 aromatic carbocycles. The van der Waals surface area contributed by atoms with Crippen molar-refractivity contribution >= 4 is 40.3 Å². The number of esters is 1. The van der Waals surface area contributed by atoms with Gasteiger partial charge in [-0.25, -0.2) is 0 Å². The molecule has 3 aliphatic heterocycles. The zero-order chi connectivity index (χ0) is 51.2. The second-order valence-electron chi connectivity index (χ2n) is 19.4. The summed E-state index contributed by atoms with van der Waals surface area (Å²) in [7, 11) is 1.45. The van der Waals surface area contributed by atoms with Crippen molar-refractivity contribution in [3.63, 3.8) is 0 Å². The number of fused-ring (bicyclic) bond motifs is 14. The van der Waals surface area contributed by atoms with Gasteiger partial charge in [-0.05, 0) is 32.8 Å². The predicted molar refractivity (Wildman–Crippen MR) is 270 cm³/mol. The first-order chi connectivity index (χ1) is 32.8. The molecule has 0 unspecified atom stereocenters. The Morgan fingerprint density at radius 3 is 2.00 bits per heavy atom. The zero-order valence-corrected chi connectivity index (χ0v) is 43.0. The minimum absolute atomic E-state index is 0.0667. The first-order valence-electron chi connectivity index (χ1n) is 25.1. The molecule has 0 saturated heterocycles. The number of anilines is 1. The van der Waals surface area contributed by atoms with E-state index in [-0.39, 0.29) is 44.5 Å². The van der Waals surface area contributed by atoms with Crippen molar-refractivity contribution in [3.05, 3.63) is 52.8 Å². The molecule has 0 spiro atoms. The number of carbonyl (C=O) groups excluding carboxylic acids is 3. The number of phenols is 3. The maximum atomic E-state index is 14.7. The van der Waals surface area contributed by atoms with Crippen molar-refractivity contribution in [1.29, 1.82) is 0 Å². The number of Topliss-reactive ketones (excluding diaryl/α,β-unsaturated/α-hetero) is 1. The number of ketones is 1. The van der Waals surface area contributed by atoms with Crippen molar-refractivity contribution < 1.29 is 58.9 Å². The molecule has 69 heavy (non-hydrogen) atoms. The van der Waals surface area contributed by atoms with Crippen molar-refractivity contribution in [2.45, 2.75) is 176 Å². The number of aliphatic hydroxyl groups is 2. The van der Waals surface area contributed by atoms with Crippen LogP contribution in [0.2, 0.25) is 0 Å². The number of allylic oxidation sites excluding steroid dienone is 2. The monoisotopic (exact) mass is 964 g/mol. The number of amides is 1. The lowest BCUT2D eigenvalue weighted by Gasteiger charge is -2.38. The summed E-state index contributed by atoms with van der Waals surface area (Å²) in [4.78, 5) is 41.2. The lowest BCUT2D eigenvalue weighted by atomic mass is 9.78. The van der Waals surface area contributed by atoms with Crippen molar-refractivity contribution in [2.24, 2.45) is 28.8 Å². The molecule has 15 heteroatoms. The summed E-state index contributed by atoms with van der Waals surface area (Å²) in [6.07, 6.45) is 18.0. The van der Waals surface area contributed by atoms with E-state index in [1.54, 1.807) is 46.8 Å². The lowest BCUT2D eigenvalue weighted by Crippen LogP contribution is -2.46. The third-order valence-electron chi connectivity index (χ3n) is 13.9. The van der Waals surface area contributed by atoms with Gasteiger partial charge in [-0.15, -0.1) is 0 Å². The molecule has 9 atom stereocenters. The normalized spacial score (nSPS) is 25.8. The number of unbranched alkanes of at least 4 members (excludes halogenated alkanes) is 10. The number of benzene rings is 2. The molecule has 0 fully saturated rings. The Hall–Kier alpha value is -5.12. The average Bonchev–Trinajstić information content (AvgIpc) is 3.58. The van der Waals surface area contributed by atoms with E-state index >= 15 is 0 Å². The average molecular weight is 964 g/mol. The number of carbonyl (C=O) groups is 3. The number of nitrogens with one attached hydrogen (secondary N) is 1. The number of methoxy groups -OCH3 is 1. The van der Waals surface area contributed by atoms with Crippen LogP contribution >= 0.6 is 0 Å². The summed E-state index contributed by atoms with van der Waals surface area (Å²) in [5.74, 6) is -8.26. The Balaban J connectivity index is 1.93. The minimum Gasteiger partial charge on any atom is -0.507 e. The van der Waals surface area contributed by atoms with E-state index in [1.165, 1.54) is 65.4 Å². The predicted octanol–water partition coefficient (Wildman–Crippen LogP) is 10.1. The summed E-state index contributed by atoms with van der Waals surface area (Å²) in [6.45, 7) is 18.3. The standard InChI is InChI=1S/C54H81N3O12/c1-12-14-16-18-20-22-28-57(29-23-21-19-17-15-13-2)55-31-39-44-49(63)42-41(48(39)62)43-51(37(8)47(42)61)69-54(10,52(43)64)67-30-27-40(66-11)34(5)50(68-38(9)58)36(7)46(60)35(6)45(59)32(3)25-24-26-33(4)53(65)56-44/h24-27,30-32,34-36,40,45-46,50,59-63H,12-23,28-29H2,1-11H3,(H,56,65)/t32-,34-,35+,36+,40-,45+,46+,50-,54-/m0/s1. The highest BCUT2D eigenvalue weighted by Gasteiger charge is 2.50. The Labute approximate surface area is 409 Å². The first-order valence-corrected chi connectivity index (χ1v) is 25.1. The molecule has 3 heterocycles. The van der Waals surface area contributed by atoms with Crippen LogP contribution in [-0.4, -0.2) is 105 Å². The van der Waals surface area contributed by atoms with Gasteiger partial charge in [0.1, 0.15) is 23.4 Å². The fourth-order valence-electron chi connectivity index (χ4n) is 9.39. The van der Waals surface area contributed by atoms with Gasteiger partial charge in [0.2, 0.25) is 0 Å². The van der Waals surface area contributed by atoms with Crippen molar-refractivity contribution in [2.75, 3.05) is 25.5 Å². The van der Waals surface area contributed by atoms with Gasteiger partial charge in [-0.1, -0.05) is 124 Å². The van der Waals surface area contributed by atoms with Gasteiger partial charge < -0.3 is 49.8 Å². The van der Waals surface area contributed by atoms with Crippen LogP contribution in [0.3, 0.4) is 0 Å². The molecule has 3 aliphatic rings. The van der Waals surface area contributed by atoms with E-state index < -0.39 is 88.8 Å². The van der Waals surface area contributed by atoms with Crippen LogP contribution in [0.1, 0.15) is 161 Å². The Kier molecular flexibility index (Phi) is 21.4. The molecule has 5 rings (SSSR count). The topological polar surface area (TPSA) is 217 Å². The van der Waals surface area contributed by atoms with Crippen molar-refractivity contribution in [3.8, 4) is 23.0 Å². The molecule has 6 N–H and O–H groups in total. The number of nitrogens with zero attached hydrogens (tertiary/aromatic N) is 2. The maximum Gasteiger partial charge on any atom is 0.312 e. The number of hydrazone groups is 1. The molecule has 0 aromatic heterocycles. The SMILES string of the molecule is CCCCCCCCN(CCCCCCCC)N=Cc1c2c(O)c3c(O)c(C)c4c(c3c1O)C(=O)[C@@](C)(OC=C[C@H](OC)[C@H](C)[C@H](OC(C)=O)[C@H](C)[C@H](O)[C@H](C)[C@H](O)[C@@H](C)C=CC=C(C)C(=O)N2)O4. The van der Waals surface area contributed by atoms with E-state index in [0.29, 0.717) is 13.1 Å². The van der Waals surface area contributed by atoms with Crippen LogP contribution in [0.25, 0.3) is 10.8 Å². The highest BCUT2D eigenvalue weighted by molar-refractivity contribution is 6.23. The molecule has 2 aromatic rings. The second kappa shape index (κ2) is 26.2. The fourth-order valence-corrected chi connectivity index (χ4v) is 9.39. The number of aliphatic hydroxyl groups excluding tert-OH is 2. The maximum absolute atomic E-state index is 14.7. The van der Waals surface area contributed by atoms with E-state index in [1.807, 2.05) is 5.01 Å². The second-order valence-corrected chi connectivity index (χ2v) is 19.4. The number of rotatable bonds is 18. The molecule has 0 radical (unpaired) electrons. The number of ether oxygens (including phenoxy) is 4. The van der Waals surface area contributed by atoms with Crippen LogP contribution in [0.4, 0.5) is 5.69 Å². The zero-order valence-electron chi connectivity index (χ0n) is 43.0. The number of aromatic hydroxyl groups is 3. The lowest BCUT2D eigenvalue weighted by molar-refractivity contribution is -0.160. The van der Waals surface area contributed by atoms with Gasteiger partial charge >= 0.3 is 11.8 Å². The number of hydrogen-bond donors (Lipinski definition) is 6. The van der Waals surface area contributed by atoms with E-state index in [2.05, 4.69) is 19.2 Å². The first kappa shape index (κ1) is 56.5. The van der Waals surface area contributed by atoms with Crippen LogP contribution in [0.5, 0.6) is 23.0 Å². The molecule has 384 valence electrons. The highest BCUT2D eigenvalue weighted by atomic mass is 16.7. The van der Waals surface area contributed by atoms with Crippen LogP contribution in [0, 0.1) is 30.6 Å². The smallest absolute Gasteiger partial charge is 0.312 e. The van der Waals surface area contributed by atoms with Crippen LogP contribution in [-0.2, 0) is 23.8 Å². The van der Waals surface area contributed by atoms with Crippen LogP contribution < -0.4 is 10.1 Å². The summed E-state index contributed by atoms with van der Waals surface area (Å²) in [5, 5.41) is 68.5. The fraction of sp³-hybridized carbons (Fsp3) is 0.630. The number of hydrogen-bond acceptors (Lipinski definition) is 14. The summed E-state index contributed by atoms with van der Waals surface area (Å²) in [5.41, 5.74) is -0.259. The highest BCUT2D eigenvalue weighted by Crippen LogP contribution is 2.55. The van der Waals surface area contributed by atoms with Crippen molar-refractivity contribution in [1.82, 2.24) is 5.01 Å². The van der Waals surface area contributed by atoms with Gasteiger partial charge in [-0.3, -0.25) is 19.4 Å². The molecule has 0 aliphatic carbocycles. The summed E-state index contributed by atoms with van der Waals surface area (Å²) < 4.78 is 23.9. The molecule has 15 nitrogen and oxygen atoms in total. The van der Waals surface area contributed by atoms with E-state index in [4.69, 9.17) is 24.0 Å². The largest absolute Gasteiger partial charge is 0.507 e. The van der Waals surface area contributed by atoms with Crippen LogP contribution in [0.15, 0.2) is 41.2 Å². The molecular formula is C54H81N3O12. The summed E-state index contributed by atoms with van der Waals surface area (Å²) in [6, 6.07) is 0. The Bertz CT molecular complexity index is 2190. The van der Waals surface area contributed by atoms with E-state index in [9.17, 15) is 39.9 Å². The van der Waals surface area contributed by atoms with Gasteiger partial charge in [0.25, 0.3) is 11.7 Å². The third-order valence-corrected chi connectivity index (χ3v) is 13.9. The molecule has 0 saturated carbocycles. The quantitative estimate of drug-likeness (QED) is 0.0205. The van der Waals surface area contributed by atoms with Gasteiger partial charge in [0.05, 0.1) is 53.0 Å². The van der Waals surface area contributed by atoms with Gasteiger partial charge in [-0.2, -0.15) is 5.10 Å². The van der Waals surface area contributed by atoms with Gasteiger partial charge in [0, 0.05) is 74.2 Å². The van der Waals surface area contributed by atoms with Gasteiger partial charge in [0.15, 0.2) is 5.75 Å². The molecular weight excluding hydrogens is 883 g/mol. The Morgan fingerprint density at radius 1 is 0.826 bits per heavy atom. The molecule has 1 amide bonds.